The van der Waals surface area contributed by atoms with Gasteiger partial charge in [0.15, 0.2) is 35.6 Å². The van der Waals surface area contributed by atoms with E-state index in [1.807, 2.05) is 5.32 Å². The van der Waals surface area contributed by atoms with Gasteiger partial charge in [0.05, 0.1) is 36.0 Å². The quantitative estimate of drug-likeness (QED) is 0.359. The zero-order chi connectivity index (χ0) is 24.8. The number of benzene rings is 2. The van der Waals surface area contributed by atoms with Crippen molar-refractivity contribution in [3.63, 3.8) is 0 Å². The van der Waals surface area contributed by atoms with Gasteiger partial charge in [-0.1, -0.05) is 6.07 Å². The van der Waals surface area contributed by atoms with Gasteiger partial charge in [-0.05, 0) is 23.6 Å². The van der Waals surface area contributed by atoms with Crippen LogP contribution >= 0.6 is 11.3 Å². The van der Waals surface area contributed by atoms with Crippen LogP contribution in [-0.2, 0) is 9.53 Å². The summed E-state index contributed by atoms with van der Waals surface area (Å²) < 4.78 is 55.4. The second kappa shape index (κ2) is 10.7. The molecule has 0 aliphatic carbocycles. The van der Waals surface area contributed by atoms with Crippen LogP contribution in [0.1, 0.15) is 20.0 Å². The lowest BCUT2D eigenvalue weighted by molar-refractivity contribution is -0.119. The highest BCUT2D eigenvalue weighted by Gasteiger charge is 2.22. The van der Waals surface area contributed by atoms with Gasteiger partial charge >= 0.3 is 5.97 Å². The van der Waals surface area contributed by atoms with E-state index in [4.69, 9.17) is 14.2 Å². The molecule has 1 aromatic heterocycles. The Bertz CT molecular complexity index is 1230. The minimum Gasteiger partial charge on any atom is -0.493 e. The van der Waals surface area contributed by atoms with Gasteiger partial charge in [-0.3, -0.25) is 9.59 Å². The molecule has 2 amide bonds. The van der Waals surface area contributed by atoms with Crippen molar-refractivity contribution in [2.24, 2.45) is 0 Å². The third-order valence-electron chi connectivity index (χ3n) is 4.38. The number of carbonyl (C=O) groups is 3. The highest BCUT2D eigenvalue weighted by molar-refractivity contribution is 7.12. The van der Waals surface area contributed by atoms with Gasteiger partial charge in [0.2, 0.25) is 0 Å². The van der Waals surface area contributed by atoms with E-state index in [0.29, 0.717) is 10.9 Å². The summed E-state index contributed by atoms with van der Waals surface area (Å²) in [5, 5.41) is 6.26. The summed E-state index contributed by atoms with van der Waals surface area (Å²) in [6.45, 7) is -0.885. The number of methoxy groups -OCH3 is 2. The Kier molecular flexibility index (Phi) is 7.74. The number of rotatable bonds is 8. The minimum atomic E-state index is -1.76. The Labute approximate surface area is 195 Å². The molecule has 0 aliphatic rings. The molecule has 0 spiro atoms. The van der Waals surface area contributed by atoms with Gasteiger partial charge < -0.3 is 24.8 Å². The molecule has 12 heteroatoms. The molecule has 2 aromatic carbocycles. The predicted octanol–water partition coefficient (Wildman–Crippen LogP) is 4.23. The Morgan fingerprint density at radius 1 is 0.912 bits per heavy atom. The number of nitrogens with one attached hydrogen (secondary N) is 2. The maximum atomic E-state index is 13.7. The van der Waals surface area contributed by atoms with Gasteiger partial charge in [0.1, 0.15) is 0 Å². The van der Waals surface area contributed by atoms with Crippen LogP contribution in [0.15, 0.2) is 41.8 Å². The lowest BCUT2D eigenvalue weighted by atomic mass is 10.1. The number of hydrogen-bond donors (Lipinski definition) is 2. The molecule has 3 aromatic rings. The Hall–Kier alpha value is -4.06. The summed E-state index contributed by atoms with van der Waals surface area (Å²) in [4.78, 5) is 37.6. The number of hydrogen-bond acceptors (Lipinski definition) is 7. The molecule has 1 heterocycles. The molecular formula is C22H17F3N2O6S. The van der Waals surface area contributed by atoms with E-state index in [1.165, 1.54) is 37.7 Å². The largest absolute Gasteiger partial charge is 0.493 e. The highest BCUT2D eigenvalue weighted by Crippen LogP contribution is 2.34. The first-order valence-electron chi connectivity index (χ1n) is 9.46. The summed E-state index contributed by atoms with van der Waals surface area (Å²) in [6.07, 6.45) is 0. The Morgan fingerprint density at radius 2 is 1.62 bits per heavy atom. The molecule has 0 saturated heterocycles. The lowest BCUT2D eigenvalue weighted by Crippen LogP contribution is -2.22. The smallest absolute Gasteiger partial charge is 0.340 e. The SMILES string of the molecule is COc1cc(NC(=O)c2cccs2)c(C(=O)OCC(=O)Nc2ccc(F)c(F)c2F)cc1OC. The van der Waals surface area contributed by atoms with Crippen LogP contribution < -0.4 is 20.1 Å². The number of amides is 2. The summed E-state index contributed by atoms with van der Waals surface area (Å²) in [7, 11) is 2.70. The normalized spacial score (nSPS) is 10.4. The van der Waals surface area contributed by atoms with Gasteiger partial charge in [-0.15, -0.1) is 11.3 Å². The van der Waals surface area contributed by atoms with Crippen LogP contribution in [0.25, 0.3) is 0 Å². The second-order valence-corrected chi connectivity index (χ2v) is 7.48. The number of esters is 1. The van der Waals surface area contributed by atoms with Crippen molar-refractivity contribution >= 4 is 40.5 Å². The average Bonchev–Trinajstić information content (AvgIpc) is 3.38. The summed E-state index contributed by atoms with van der Waals surface area (Å²) in [6, 6.07) is 7.31. The first-order valence-corrected chi connectivity index (χ1v) is 10.3. The summed E-state index contributed by atoms with van der Waals surface area (Å²) >= 11 is 1.18. The molecule has 0 radical (unpaired) electrons. The number of carbonyl (C=O) groups excluding carboxylic acids is 3. The molecule has 0 aliphatic heterocycles. The fraction of sp³-hybridized carbons (Fsp3) is 0.136. The van der Waals surface area contributed by atoms with Crippen LogP contribution in [0.5, 0.6) is 11.5 Å². The third kappa shape index (κ3) is 5.46. The molecule has 0 saturated carbocycles. The van der Waals surface area contributed by atoms with E-state index in [0.717, 1.165) is 6.07 Å². The van der Waals surface area contributed by atoms with Crippen LogP contribution in [0.3, 0.4) is 0 Å². The first kappa shape index (κ1) is 24.6. The number of ether oxygens (including phenoxy) is 3. The fourth-order valence-corrected chi connectivity index (χ4v) is 3.38. The van der Waals surface area contributed by atoms with Crippen LogP contribution in [-0.4, -0.2) is 38.6 Å². The van der Waals surface area contributed by atoms with Gasteiger partial charge in [0.25, 0.3) is 11.8 Å². The zero-order valence-corrected chi connectivity index (χ0v) is 18.6. The van der Waals surface area contributed by atoms with E-state index in [9.17, 15) is 27.6 Å². The van der Waals surface area contributed by atoms with E-state index in [-0.39, 0.29) is 22.7 Å². The van der Waals surface area contributed by atoms with Crippen molar-refractivity contribution in [3.05, 3.63) is 69.7 Å². The van der Waals surface area contributed by atoms with Crippen molar-refractivity contribution in [2.45, 2.75) is 0 Å². The number of halogens is 3. The summed E-state index contributed by atoms with van der Waals surface area (Å²) in [5.74, 6) is -6.95. The van der Waals surface area contributed by atoms with E-state index in [2.05, 4.69) is 5.32 Å². The predicted molar refractivity (Wildman–Crippen MR) is 117 cm³/mol. The maximum Gasteiger partial charge on any atom is 0.340 e. The van der Waals surface area contributed by atoms with Crippen molar-refractivity contribution in [1.82, 2.24) is 0 Å². The van der Waals surface area contributed by atoms with Crippen LogP contribution in [0.4, 0.5) is 24.5 Å². The molecule has 0 fully saturated rings. The second-order valence-electron chi connectivity index (χ2n) is 6.53. The molecular weight excluding hydrogens is 477 g/mol. The Morgan fingerprint density at radius 3 is 2.26 bits per heavy atom. The van der Waals surface area contributed by atoms with Crippen molar-refractivity contribution < 1.29 is 41.8 Å². The van der Waals surface area contributed by atoms with Crippen molar-refractivity contribution in [3.8, 4) is 11.5 Å². The molecule has 3 rings (SSSR count). The Balaban J connectivity index is 1.77. The van der Waals surface area contributed by atoms with E-state index < -0.39 is 47.5 Å². The highest BCUT2D eigenvalue weighted by atomic mass is 32.1. The topological polar surface area (TPSA) is 103 Å². The average molecular weight is 494 g/mol. The molecule has 0 unspecified atom stereocenters. The maximum absolute atomic E-state index is 13.7. The van der Waals surface area contributed by atoms with E-state index in [1.54, 1.807) is 17.5 Å². The van der Waals surface area contributed by atoms with Gasteiger partial charge in [0, 0.05) is 12.1 Å². The van der Waals surface area contributed by atoms with Crippen LogP contribution in [0.2, 0.25) is 0 Å². The van der Waals surface area contributed by atoms with Crippen LogP contribution in [0, 0.1) is 17.5 Å². The van der Waals surface area contributed by atoms with Crippen molar-refractivity contribution in [2.75, 3.05) is 31.5 Å². The monoisotopic (exact) mass is 494 g/mol. The molecule has 8 nitrogen and oxygen atoms in total. The molecule has 0 atom stereocenters. The van der Waals surface area contributed by atoms with Gasteiger partial charge in [-0.25, -0.2) is 18.0 Å². The fourth-order valence-electron chi connectivity index (χ4n) is 2.76. The molecule has 34 heavy (non-hydrogen) atoms. The zero-order valence-electron chi connectivity index (χ0n) is 17.7. The van der Waals surface area contributed by atoms with Crippen molar-refractivity contribution in [1.29, 1.82) is 0 Å². The number of anilines is 2. The lowest BCUT2D eigenvalue weighted by Gasteiger charge is -2.15. The third-order valence-corrected chi connectivity index (χ3v) is 5.25. The molecule has 178 valence electrons. The van der Waals surface area contributed by atoms with Gasteiger partial charge in [-0.2, -0.15) is 0 Å². The standard InChI is InChI=1S/C22H17F3N2O6S/c1-31-15-8-11(14(9-16(15)32-2)27-21(29)17-4-3-7-34-17)22(30)33-10-18(28)26-13-6-5-12(23)19(24)20(13)25/h3-9H,10H2,1-2H3,(H,26,28)(H,27,29). The van der Waals surface area contributed by atoms with E-state index >= 15 is 0 Å². The minimum absolute atomic E-state index is 0.0214. The number of thiophene rings is 1. The molecule has 0 bridgehead atoms. The first-order chi connectivity index (χ1) is 16.2. The molecule has 2 N–H and O–H groups in total. The summed E-state index contributed by atoms with van der Waals surface area (Å²) in [5.41, 5.74) is -0.766.